The van der Waals surface area contributed by atoms with E-state index in [1.165, 1.54) is 32.1 Å². The van der Waals surface area contributed by atoms with Crippen molar-refractivity contribution in [1.82, 2.24) is 4.90 Å². The van der Waals surface area contributed by atoms with Crippen molar-refractivity contribution < 1.29 is 4.79 Å². The van der Waals surface area contributed by atoms with E-state index in [1.54, 1.807) is 0 Å². The van der Waals surface area contributed by atoms with Gasteiger partial charge in [-0.25, -0.2) is 0 Å². The second-order valence-corrected chi connectivity index (χ2v) is 5.19. The fraction of sp³-hybridized carbons (Fsp3) is 0.909. The van der Waals surface area contributed by atoms with E-state index in [9.17, 15) is 4.79 Å². The number of carbonyl (C=O) groups is 1. The normalized spacial score (nSPS) is 24.8. The van der Waals surface area contributed by atoms with Crippen molar-refractivity contribution in [2.24, 2.45) is 5.41 Å². The Labute approximate surface area is 91.5 Å². The maximum absolute atomic E-state index is 11.7. The molecule has 14 heavy (non-hydrogen) atoms. The zero-order valence-corrected chi connectivity index (χ0v) is 9.56. The summed E-state index contributed by atoms with van der Waals surface area (Å²) in [6.45, 7) is 2.02. The van der Waals surface area contributed by atoms with E-state index >= 15 is 0 Å². The molecule has 1 spiro atoms. The molecule has 1 aliphatic carbocycles. The van der Waals surface area contributed by atoms with Crippen LogP contribution in [-0.4, -0.2) is 29.6 Å². The van der Waals surface area contributed by atoms with Gasteiger partial charge in [-0.05, 0) is 30.4 Å². The van der Waals surface area contributed by atoms with Crippen LogP contribution in [0.4, 0.5) is 0 Å². The quantitative estimate of drug-likeness (QED) is 0.697. The molecule has 2 fully saturated rings. The molecule has 2 aliphatic rings. The molecule has 1 saturated heterocycles. The van der Waals surface area contributed by atoms with Crippen LogP contribution in [0.15, 0.2) is 0 Å². The lowest BCUT2D eigenvalue weighted by molar-refractivity contribution is -0.130. The topological polar surface area (TPSA) is 20.3 Å². The zero-order chi connectivity index (χ0) is 10.0. The van der Waals surface area contributed by atoms with Gasteiger partial charge in [-0.2, -0.15) is 12.6 Å². The summed E-state index contributed by atoms with van der Waals surface area (Å²) in [5, 5.41) is 0. The van der Waals surface area contributed by atoms with Gasteiger partial charge in [-0.3, -0.25) is 4.79 Å². The summed E-state index contributed by atoms with van der Waals surface area (Å²) in [5.74, 6) is 0.992. The molecule has 1 saturated carbocycles. The second kappa shape index (κ2) is 4.13. The molecule has 0 bridgehead atoms. The van der Waals surface area contributed by atoms with Crippen LogP contribution < -0.4 is 0 Å². The number of thiol groups is 1. The summed E-state index contributed by atoms with van der Waals surface area (Å²) >= 11 is 4.11. The highest BCUT2D eigenvalue weighted by Crippen LogP contribution is 2.45. The van der Waals surface area contributed by atoms with E-state index < -0.39 is 0 Å². The molecule has 1 amide bonds. The minimum absolute atomic E-state index is 0.309. The van der Waals surface area contributed by atoms with Gasteiger partial charge in [0, 0.05) is 19.5 Å². The molecule has 0 aromatic heterocycles. The average Bonchev–Trinajstić information content (AvgIpc) is 2.78. The van der Waals surface area contributed by atoms with Gasteiger partial charge in [0.2, 0.25) is 5.91 Å². The molecule has 1 aliphatic heterocycles. The number of hydrogen-bond acceptors (Lipinski definition) is 2. The molecule has 3 heteroatoms. The zero-order valence-electron chi connectivity index (χ0n) is 8.67. The third-order valence-corrected chi connectivity index (χ3v) is 4.00. The largest absolute Gasteiger partial charge is 0.342 e. The second-order valence-electron chi connectivity index (χ2n) is 4.75. The number of rotatable bonds is 2. The van der Waals surface area contributed by atoms with E-state index in [2.05, 4.69) is 17.5 Å². The van der Waals surface area contributed by atoms with E-state index in [0.717, 1.165) is 13.1 Å². The van der Waals surface area contributed by atoms with Gasteiger partial charge >= 0.3 is 0 Å². The van der Waals surface area contributed by atoms with Crippen LogP contribution in [0.1, 0.15) is 38.5 Å². The van der Waals surface area contributed by atoms with Gasteiger partial charge in [0.1, 0.15) is 0 Å². The van der Waals surface area contributed by atoms with Gasteiger partial charge in [-0.15, -0.1) is 0 Å². The fourth-order valence-corrected chi connectivity index (χ4v) is 3.13. The first-order valence-corrected chi connectivity index (χ1v) is 6.28. The molecule has 2 rings (SSSR count). The third kappa shape index (κ3) is 1.92. The molecule has 0 N–H and O–H groups in total. The number of hydrogen-bond donors (Lipinski definition) is 1. The molecule has 0 aromatic rings. The van der Waals surface area contributed by atoms with Gasteiger partial charge in [0.25, 0.3) is 0 Å². The average molecular weight is 213 g/mol. The van der Waals surface area contributed by atoms with Gasteiger partial charge in [0.05, 0.1) is 0 Å². The van der Waals surface area contributed by atoms with E-state index in [1.807, 2.05) is 0 Å². The van der Waals surface area contributed by atoms with Crippen LogP contribution >= 0.6 is 12.6 Å². The third-order valence-electron chi connectivity index (χ3n) is 3.78. The summed E-state index contributed by atoms with van der Waals surface area (Å²) in [5.41, 5.74) is 0.520. The fourth-order valence-electron chi connectivity index (χ4n) is 2.93. The Morgan fingerprint density at radius 2 is 2.00 bits per heavy atom. The van der Waals surface area contributed by atoms with Crippen molar-refractivity contribution in [1.29, 1.82) is 0 Å². The smallest absolute Gasteiger partial charge is 0.223 e. The van der Waals surface area contributed by atoms with Gasteiger partial charge in [0.15, 0.2) is 0 Å². The highest BCUT2D eigenvalue weighted by Gasteiger charge is 2.41. The lowest BCUT2D eigenvalue weighted by atomic mass is 9.86. The highest BCUT2D eigenvalue weighted by atomic mass is 32.1. The first kappa shape index (κ1) is 10.3. The molecule has 0 aromatic carbocycles. The van der Waals surface area contributed by atoms with Crippen LogP contribution in [0.5, 0.6) is 0 Å². The first-order chi connectivity index (χ1) is 6.76. The summed E-state index contributed by atoms with van der Waals surface area (Å²) in [7, 11) is 0. The lowest BCUT2D eigenvalue weighted by Gasteiger charge is -2.23. The summed E-state index contributed by atoms with van der Waals surface area (Å²) in [4.78, 5) is 13.7. The number of likely N-dealkylation sites (tertiary alicyclic amines) is 1. The van der Waals surface area contributed by atoms with E-state index in [4.69, 9.17) is 0 Å². The van der Waals surface area contributed by atoms with Crippen molar-refractivity contribution in [2.75, 3.05) is 18.8 Å². The van der Waals surface area contributed by atoms with Crippen molar-refractivity contribution in [2.45, 2.75) is 38.5 Å². The Kier molecular flexibility index (Phi) is 3.05. The Balaban J connectivity index is 1.90. The van der Waals surface area contributed by atoms with Crippen molar-refractivity contribution >= 4 is 18.5 Å². The molecule has 2 nitrogen and oxygen atoms in total. The van der Waals surface area contributed by atoms with Crippen LogP contribution in [0.3, 0.4) is 0 Å². The Bertz CT molecular complexity index is 223. The van der Waals surface area contributed by atoms with E-state index in [0.29, 0.717) is 23.5 Å². The van der Waals surface area contributed by atoms with Crippen molar-refractivity contribution in [3.8, 4) is 0 Å². The minimum atomic E-state index is 0.309. The predicted octanol–water partition coefficient (Wildman–Crippen LogP) is 2.10. The Morgan fingerprint density at radius 1 is 1.29 bits per heavy atom. The number of nitrogens with zero attached hydrogens (tertiary/aromatic N) is 1. The SMILES string of the molecule is O=C(CCS)N1CCC2(CCCC2)C1. The Morgan fingerprint density at radius 3 is 2.64 bits per heavy atom. The van der Waals surface area contributed by atoms with Crippen LogP contribution in [0.2, 0.25) is 0 Å². The molecule has 1 heterocycles. The number of amides is 1. The first-order valence-electron chi connectivity index (χ1n) is 5.64. The van der Waals surface area contributed by atoms with Gasteiger partial charge in [-0.1, -0.05) is 12.8 Å². The molecular weight excluding hydrogens is 194 g/mol. The monoisotopic (exact) mass is 213 g/mol. The molecule has 80 valence electrons. The summed E-state index contributed by atoms with van der Waals surface area (Å²) in [6, 6.07) is 0. The number of carbonyl (C=O) groups excluding carboxylic acids is 1. The van der Waals surface area contributed by atoms with E-state index in [-0.39, 0.29) is 0 Å². The maximum Gasteiger partial charge on any atom is 0.223 e. The molecule has 0 unspecified atom stereocenters. The molecular formula is C11H19NOS. The van der Waals surface area contributed by atoms with Crippen LogP contribution in [0.25, 0.3) is 0 Å². The summed E-state index contributed by atoms with van der Waals surface area (Å²) in [6.07, 6.45) is 7.28. The Hall–Kier alpha value is -0.180. The van der Waals surface area contributed by atoms with Crippen LogP contribution in [0, 0.1) is 5.41 Å². The predicted molar refractivity (Wildman–Crippen MR) is 60.6 cm³/mol. The van der Waals surface area contributed by atoms with Gasteiger partial charge < -0.3 is 4.90 Å². The molecule has 0 radical (unpaired) electrons. The van der Waals surface area contributed by atoms with Crippen molar-refractivity contribution in [3.05, 3.63) is 0 Å². The maximum atomic E-state index is 11.7. The standard InChI is InChI=1S/C11H19NOS/c13-10(3-8-14)12-7-6-11(9-12)4-1-2-5-11/h14H,1-9H2. The highest BCUT2D eigenvalue weighted by molar-refractivity contribution is 7.80. The van der Waals surface area contributed by atoms with Crippen molar-refractivity contribution in [3.63, 3.8) is 0 Å². The lowest BCUT2D eigenvalue weighted by Crippen LogP contribution is -2.31. The minimum Gasteiger partial charge on any atom is -0.342 e. The molecule has 0 atom stereocenters. The van der Waals surface area contributed by atoms with Crippen LogP contribution in [-0.2, 0) is 4.79 Å². The summed E-state index contributed by atoms with van der Waals surface area (Å²) < 4.78 is 0.